The minimum atomic E-state index is -4.08. The molecule has 1 aromatic carbocycles. The normalized spacial score (nSPS) is 13.2. The van der Waals surface area contributed by atoms with Gasteiger partial charge in [-0.2, -0.15) is 0 Å². The van der Waals surface area contributed by atoms with Crippen LogP contribution in [0.4, 0.5) is 5.69 Å². The molecular weight excluding hydrogens is 306 g/mol. The lowest BCUT2D eigenvalue weighted by molar-refractivity contribution is -0.387. The van der Waals surface area contributed by atoms with E-state index in [-0.39, 0.29) is 17.6 Å². The van der Waals surface area contributed by atoms with E-state index in [0.29, 0.717) is 6.42 Å². The first-order valence-electron chi connectivity index (χ1n) is 5.97. The summed E-state index contributed by atoms with van der Waals surface area (Å²) < 4.78 is 26.5. The number of nitrogens with one attached hydrogen (secondary N) is 1. The van der Waals surface area contributed by atoms with Crippen LogP contribution in [0.1, 0.15) is 19.8 Å². The summed E-state index contributed by atoms with van der Waals surface area (Å²) in [5, 5.41) is 10.7. The van der Waals surface area contributed by atoms with Crippen LogP contribution in [0.25, 0.3) is 0 Å². The molecule has 112 valence electrons. The fraction of sp³-hybridized carbons (Fsp3) is 0.455. The van der Waals surface area contributed by atoms with Gasteiger partial charge in [0, 0.05) is 18.7 Å². The number of hydrogen-bond donors (Lipinski definition) is 2. The highest BCUT2D eigenvalue weighted by atomic mass is 35.5. The van der Waals surface area contributed by atoms with Crippen molar-refractivity contribution in [3.8, 4) is 0 Å². The van der Waals surface area contributed by atoms with Crippen LogP contribution in [-0.4, -0.2) is 25.9 Å². The van der Waals surface area contributed by atoms with Gasteiger partial charge in [-0.15, -0.1) is 0 Å². The number of nitro benzene ring substituents is 1. The van der Waals surface area contributed by atoms with Crippen molar-refractivity contribution in [2.24, 2.45) is 5.73 Å². The molecule has 0 heterocycles. The van der Waals surface area contributed by atoms with E-state index in [9.17, 15) is 18.5 Å². The van der Waals surface area contributed by atoms with Gasteiger partial charge in [-0.3, -0.25) is 10.1 Å². The van der Waals surface area contributed by atoms with Crippen LogP contribution in [0, 0.1) is 10.1 Å². The Morgan fingerprint density at radius 2 is 2.15 bits per heavy atom. The third kappa shape index (κ3) is 4.14. The molecule has 0 spiro atoms. The molecule has 3 N–H and O–H groups in total. The first-order chi connectivity index (χ1) is 9.29. The fourth-order valence-corrected chi connectivity index (χ4v) is 3.46. The summed E-state index contributed by atoms with van der Waals surface area (Å²) in [6.45, 7) is 1.92. The van der Waals surface area contributed by atoms with Gasteiger partial charge in [0.15, 0.2) is 4.90 Å². The second kappa shape index (κ2) is 6.98. The Kier molecular flexibility index (Phi) is 5.88. The Labute approximate surface area is 122 Å². The molecule has 1 rings (SSSR count). The van der Waals surface area contributed by atoms with Gasteiger partial charge >= 0.3 is 0 Å². The Morgan fingerprint density at radius 1 is 1.50 bits per heavy atom. The summed E-state index contributed by atoms with van der Waals surface area (Å²) in [5.74, 6) is 0. The van der Waals surface area contributed by atoms with Gasteiger partial charge in [0.25, 0.3) is 5.69 Å². The predicted molar refractivity (Wildman–Crippen MR) is 76.2 cm³/mol. The second-order valence-corrected chi connectivity index (χ2v) is 6.36. The lowest BCUT2D eigenvalue weighted by Crippen LogP contribution is -2.37. The lowest BCUT2D eigenvalue weighted by Gasteiger charge is -2.12. The second-order valence-electron chi connectivity index (χ2n) is 4.25. The number of nitrogens with two attached hydrogens (primary N) is 1. The van der Waals surface area contributed by atoms with Crippen LogP contribution in [0.2, 0.25) is 5.02 Å². The first kappa shape index (κ1) is 16.8. The summed E-state index contributed by atoms with van der Waals surface area (Å²) in [4.78, 5) is 9.57. The van der Waals surface area contributed by atoms with Crippen molar-refractivity contribution < 1.29 is 13.3 Å². The van der Waals surface area contributed by atoms with Crippen molar-refractivity contribution in [2.45, 2.75) is 30.7 Å². The van der Waals surface area contributed by atoms with E-state index in [1.165, 1.54) is 12.1 Å². The molecule has 0 amide bonds. The van der Waals surface area contributed by atoms with Gasteiger partial charge < -0.3 is 5.73 Å². The molecule has 7 nitrogen and oxygen atoms in total. The van der Waals surface area contributed by atoms with E-state index < -0.39 is 25.5 Å². The number of benzene rings is 1. The summed E-state index contributed by atoms with van der Waals surface area (Å²) in [6.07, 6.45) is 1.46. The zero-order chi connectivity index (χ0) is 15.3. The van der Waals surface area contributed by atoms with Crippen LogP contribution in [0.3, 0.4) is 0 Å². The predicted octanol–water partition coefficient (Wildman–Crippen LogP) is 1.65. The molecule has 20 heavy (non-hydrogen) atoms. The van der Waals surface area contributed by atoms with Gasteiger partial charge in [0.1, 0.15) is 0 Å². The van der Waals surface area contributed by atoms with Gasteiger partial charge in [-0.1, -0.05) is 31.0 Å². The average molecular weight is 322 g/mol. The highest BCUT2D eigenvalue weighted by Gasteiger charge is 2.28. The molecule has 0 saturated carbocycles. The molecule has 0 aliphatic carbocycles. The van der Waals surface area contributed by atoms with E-state index in [4.69, 9.17) is 17.3 Å². The third-order valence-electron chi connectivity index (χ3n) is 2.61. The molecule has 0 saturated heterocycles. The highest BCUT2D eigenvalue weighted by molar-refractivity contribution is 7.89. The molecule has 0 aliphatic heterocycles. The number of rotatable bonds is 7. The van der Waals surface area contributed by atoms with Crippen LogP contribution >= 0.6 is 11.6 Å². The number of sulfonamides is 1. The first-order valence-corrected chi connectivity index (χ1v) is 7.83. The number of nitro groups is 1. The molecule has 1 atom stereocenters. The molecule has 9 heteroatoms. The van der Waals surface area contributed by atoms with Crippen molar-refractivity contribution in [1.29, 1.82) is 0 Å². The standard InChI is InChI=1S/C11H16ClN3O4S/c1-2-4-8(13)7-14-20(18,19)11-9(12)5-3-6-10(11)15(16)17/h3,5-6,8,14H,2,4,7,13H2,1H3/t8-/m0/s1. The zero-order valence-electron chi connectivity index (χ0n) is 10.9. The zero-order valence-corrected chi connectivity index (χ0v) is 12.4. The van der Waals surface area contributed by atoms with E-state index in [2.05, 4.69) is 4.72 Å². The monoisotopic (exact) mass is 321 g/mol. The summed E-state index contributed by atoms with van der Waals surface area (Å²) in [5.41, 5.74) is 5.15. The van der Waals surface area contributed by atoms with E-state index in [0.717, 1.165) is 12.5 Å². The maximum Gasteiger partial charge on any atom is 0.290 e. The SMILES string of the molecule is CCC[C@H](N)CNS(=O)(=O)c1c(Cl)cccc1[N+](=O)[O-]. The maximum absolute atomic E-state index is 12.1. The Morgan fingerprint density at radius 3 is 2.70 bits per heavy atom. The van der Waals surface area contributed by atoms with Gasteiger partial charge in [0.05, 0.1) is 9.95 Å². The van der Waals surface area contributed by atoms with Gasteiger partial charge in [0.2, 0.25) is 10.0 Å². The van der Waals surface area contributed by atoms with Crippen molar-refractivity contribution in [2.75, 3.05) is 6.54 Å². The minimum absolute atomic E-state index is 0.00144. The molecule has 0 bridgehead atoms. The number of nitrogens with zero attached hydrogens (tertiary/aromatic N) is 1. The summed E-state index contributed by atoms with van der Waals surface area (Å²) >= 11 is 5.78. The number of halogens is 1. The molecule has 0 aromatic heterocycles. The van der Waals surface area contributed by atoms with Crippen molar-refractivity contribution in [3.05, 3.63) is 33.3 Å². The van der Waals surface area contributed by atoms with Gasteiger partial charge in [-0.25, -0.2) is 13.1 Å². The third-order valence-corrected chi connectivity index (χ3v) is 4.55. The largest absolute Gasteiger partial charge is 0.327 e. The smallest absolute Gasteiger partial charge is 0.290 e. The van der Waals surface area contributed by atoms with Crippen molar-refractivity contribution in [1.82, 2.24) is 4.72 Å². The number of hydrogen-bond acceptors (Lipinski definition) is 5. The van der Waals surface area contributed by atoms with Crippen molar-refractivity contribution in [3.63, 3.8) is 0 Å². The van der Waals surface area contributed by atoms with E-state index >= 15 is 0 Å². The molecule has 0 fully saturated rings. The quantitative estimate of drug-likeness (QED) is 0.585. The molecule has 1 aromatic rings. The molecule has 0 radical (unpaired) electrons. The molecule has 0 unspecified atom stereocenters. The maximum atomic E-state index is 12.1. The average Bonchev–Trinajstić information content (AvgIpc) is 2.36. The lowest BCUT2D eigenvalue weighted by atomic mass is 10.2. The van der Waals surface area contributed by atoms with Crippen LogP contribution in [-0.2, 0) is 10.0 Å². The molecule has 0 aliphatic rings. The topological polar surface area (TPSA) is 115 Å². The Balaban J connectivity index is 3.07. The molecular formula is C11H16ClN3O4S. The Bertz CT molecular complexity index is 591. The highest BCUT2D eigenvalue weighted by Crippen LogP contribution is 2.30. The summed E-state index contributed by atoms with van der Waals surface area (Å²) in [6, 6.07) is 3.35. The van der Waals surface area contributed by atoms with Crippen LogP contribution in [0.15, 0.2) is 23.1 Å². The fourth-order valence-electron chi connectivity index (χ4n) is 1.67. The van der Waals surface area contributed by atoms with E-state index in [1.807, 2.05) is 6.92 Å². The van der Waals surface area contributed by atoms with Crippen molar-refractivity contribution >= 4 is 27.3 Å². The van der Waals surface area contributed by atoms with Crippen LogP contribution in [0.5, 0.6) is 0 Å². The Hall–Kier alpha value is -1.22. The minimum Gasteiger partial charge on any atom is -0.327 e. The summed E-state index contributed by atoms with van der Waals surface area (Å²) in [7, 11) is -4.08. The van der Waals surface area contributed by atoms with Crippen LogP contribution < -0.4 is 10.5 Å². The van der Waals surface area contributed by atoms with Gasteiger partial charge in [-0.05, 0) is 12.5 Å². The van der Waals surface area contributed by atoms with E-state index in [1.54, 1.807) is 0 Å².